The van der Waals surface area contributed by atoms with Crippen molar-refractivity contribution in [3.8, 4) is 5.75 Å². The molecule has 9 nitrogen and oxygen atoms in total. The summed E-state index contributed by atoms with van der Waals surface area (Å²) in [6.45, 7) is 1.39. The molecular formula is C17H15ClN2O7. The van der Waals surface area contributed by atoms with Gasteiger partial charge in [-0.15, -0.1) is 0 Å². The fraction of sp³-hybridized carbons (Fsp3) is 0.176. The Morgan fingerprint density at radius 2 is 2.07 bits per heavy atom. The Hall–Kier alpha value is -3.33. The lowest BCUT2D eigenvalue weighted by atomic mass is 10.2. The van der Waals surface area contributed by atoms with Crippen molar-refractivity contribution in [2.45, 2.75) is 13.0 Å². The number of ether oxygens (including phenoxy) is 2. The van der Waals surface area contributed by atoms with Crippen LogP contribution in [0.15, 0.2) is 40.8 Å². The number of anilines is 1. The molecule has 0 spiro atoms. The lowest BCUT2D eigenvalue weighted by Crippen LogP contribution is -2.29. The number of nitrogens with one attached hydrogen (secondary N) is 1. The number of hydrogen-bond acceptors (Lipinski definition) is 7. The van der Waals surface area contributed by atoms with Gasteiger partial charge in [-0.05, 0) is 37.3 Å². The Morgan fingerprint density at radius 3 is 2.67 bits per heavy atom. The van der Waals surface area contributed by atoms with Crippen LogP contribution in [0.5, 0.6) is 5.75 Å². The smallest absolute Gasteiger partial charge is 0.433 e. The van der Waals surface area contributed by atoms with E-state index in [4.69, 9.17) is 25.5 Å². The highest BCUT2D eigenvalue weighted by Crippen LogP contribution is 2.27. The van der Waals surface area contributed by atoms with Gasteiger partial charge in [0.2, 0.25) is 0 Å². The van der Waals surface area contributed by atoms with E-state index < -0.39 is 28.8 Å². The highest BCUT2D eigenvalue weighted by atomic mass is 35.5. The van der Waals surface area contributed by atoms with E-state index in [1.807, 2.05) is 0 Å². The van der Waals surface area contributed by atoms with E-state index in [9.17, 15) is 19.7 Å². The first kappa shape index (κ1) is 20.0. The SMILES string of the molecule is COc1ccc(NC(=O)[C@H](C)OC(=O)/C=C/c2ccc([N+](=O)[O-])o2)cc1Cl. The molecule has 0 saturated carbocycles. The van der Waals surface area contributed by atoms with Gasteiger partial charge in [-0.2, -0.15) is 0 Å². The monoisotopic (exact) mass is 394 g/mol. The first-order valence-electron chi connectivity index (χ1n) is 7.57. The number of carbonyl (C=O) groups excluding carboxylic acids is 2. The van der Waals surface area contributed by atoms with Gasteiger partial charge in [-0.1, -0.05) is 11.6 Å². The number of nitro groups is 1. The van der Waals surface area contributed by atoms with Crippen molar-refractivity contribution in [2.75, 3.05) is 12.4 Å². The second kappa shape index (κ2) is 8.86. The maximum Gasteiger partial charge on any atom is 0.433 e. The molecule has 1 aromatic carbocycles. The van der Waals surface area contributed by atoms with Gasteiger partial charge < -0.3 is 19.2 Å². The van der Waals surface area contributed by atoms with E-state index in [1.165, 1.54) is 32.2 Å². The highest BCUT2D eigenvalue weighted by Gasteiger charge is 2.17. The van der Waals surface area contributed by atoms with Crippen molar-refractivity contribution in [1.82, 2.24) is 0 Å². The van der Waals surface area contributed by atoms with E-state index in [0.29, 0.717) is 16.5 Å². The highest BCUT2D eigenvalue weighted by molar-refractivity contribution is 6.32. The van der Waals surface area contributed by atoms with E-state index in [0.717, 1.165) is 12.1 Å². The maximum absolute atomic E-state index is 12.1. The molecule has 0 unspecified atom stereocenters. The van der Waals surface area contributed by atoms with Crippen LogP contribution in [0.3, 0.4) is 0 Å². The molecule has 0 fully saturated rings. The average molecular weight is 395 g/mol. The van der Waals surface area contributed by atoms with Crippen molar-refractivity contribution in [2.24, 2.45) is 0 Å². The quantitative estimate of drug-likeness (QED) is 0.330. The predicted octanol–water partition coefficient (Wildman–Crippen LogP) is 3.43. The summed E-state index contributed by atoms with van der Waals surface area (Å²) in [7, 11) is 1.47. The minimum atomic E-state index is -1.09. The molecule has 0 aliphatic heterocycles. The van der Waals surface area contributed by atoms with Crippen LogP contribution >= 0.6 is 11.6 Å². The zero-order valence-electron chi connectivity index (χ0n) is 14.3. The Morgan fingerprint density at radius 1 is 1.33 bits per heavy atom. The van der Waals surface area contributed by atoms with Crippen molar-refractivity contribution in [3.63, 3.8) is 0 Å². The molecule has 1 N–H and O–H groups in total. The van der Waals surface area contributed by atoms with Gasteiger partial charge in [0.05, 0.1) is 18.2 Å². The molecule has 0 aliphatic carbocycles. The summed E-state index contributed by atoms with van der Waals surface area (Å²) in [4.78, 5) is 33.7. The molecule has 2 aromatic rings. The third kappa shape index (κ3) is 5.58. The Balaban J connectivity index is 1.90. The summed E-state index contributed by atoms with van der Waals surface area (Å²) in [5, 5.41) is 13.4. The van der Waals surface area contributed by atoms with Crippen molar-refractivity contribution in [3.05, 3.63) is 57.3 Å². The Labute approximate surface area is 158 Å². The Bertz CT molecular complexity index is 891. The molecular weight excluding hydrogens is 380 g/mol. The molecule has 1 heterocycles. The van der Waals surface area contributed by atoms with Crippen LogP contribution in [-0.4, -0.2) is 30.0 Å². The third-order valence-electron chi connectivity index (χ3n) is 3.26. The number of methoxy groups -OCH3 is 1. The van der Waals surface area contributed by atoms with Crippen LogP contribution in [0.1, 0.15) is 12.7 Å². The number of halogens is 1. The van der Waals surface area contributed by atoms with Crippen molar-refractivity contribution in [1.29, 1.82) is 0 Å². The van der Waals surface area contributed by atoms with E-state index in [-0.39, 0.29) is 5.76 Å². The molecule has 1 atom stereocenters. The number of nitrogens with zero attached hydrogens (tertiary/aromatic N) is 1. The molecule has 142 valence electrons. The van der Waals surface area contributed by atoms with Crippen molar-refractivity contribution < 1.29 is 28.4 Å². The number of furan rings is 1. The molecule has 10 heteroatoms. The van der Waals surface area contributed by atoms with Gasteiger partial charge in [-0.25, -0.2) is 4.79 Å². The lowest BCUT2D eigenvalue weighted by molar-refractivity contribution is -0.402. The van der Waals surface area contributed by atoms with Gasteiger partial charge in [-0.3, -0.25) is 14.9 Å². The summed E-state index contributed by atoms with van der Waals surface area (Å²) < 4.78 is 14.8. The van der Waals surface area contributed by atoms with Gasteiger partial charge in [0.15, 0.2) is 6.10 Å². The van der Waals surface area contributed by atoms with Gasteiger partial charge in [0, 0.05) is 11.8 Å². The van der Waals surface area contributed by atoms with E-state index in [1.54, 1.807) is 12.1 Å². The molecule has 0 saturated heterocycles. The van der Waals surface area contributed by atoms with Crippen LogP contribution in [0.4, 0.5) is 11.6 Å². The van der Waals surface area contributed by atoms with Crippen LogP contribution in [-0.2, 0) is 14.3 Å². The van der Waals surface area contributed by atoms with Crippen LogP contribution in [0, 0.1) is 10.1 Å². The first-order valence-corrected chi connectivity index (χ1v) is 7.95. The first-order chi connectivity index (χ1) is 12.8. The topological polar surface area (TPSA) is 121 Å². The van der Waals surface area contributed by atoms with Gasteiger partial charge >= 0.3 is 11.9 Å². The molecule has 0 aliphatic rings. The number of rotatable bonds is 7. The standard InChI is InChI=1S/C17H15ClN2O7/c1-10(17(22)19-11-3-6-14(25-2)13(18)9-11)26-16(21)8-5-12-4-7-15(27-12)20(23)24/h3-10H,1-2H3,(H,19,22)/b8-5+/t10-/m0/s1. The molecule has 2 rings (SSSR count). The van der Waals surface area contributed by atoms with Gasteiger partial charge in [0.25, 0.3) is 5.91 Å². The molecule has 1 amide bonds. The summed E-state index contributed by atoms with van der Waals surface area (Å²) in [5.41, 5.74) is 0.409. The minimum absolute atomic E-state index is 0.101. The Kier molecular flexibility index (Phi) is 6.56. The second-order valence-corrected chi connectivity index (χ2v) is 5.59. The van der Waals surface area contributed by atoms with Crippen LogP contribution in [0.25, 0.3) is 6.08 Å². The summed E-state index contributed by atoms with van der Waals surface area (Å²) in [6.07, 6.45) is 1.11. The molecule has 0 radical (unpaired) electrons. The van der Waals surface area contributed by atoms with Crippen LogP contribution in [0.2, 0.25) is 5.02 Å². The van der Waals surface area contributed by atoms with Crippen LogP contribution < -0.4 is 10.1 Å². The zero-order chi connectivity index (χ0) is 20.0. The fourth-order valence-corrected chi connectivity index (χ4v) is 2.19. The molecule has 0 bridgehead atoms. The van der Waals surface area contributed by atoms with Gasteiger partial charge in [0.1, 0.15) is 16.4 Å². The summed E-state index contributed by atoms with van der Waals surface area (Å²) in [5.74, 6) is -1.27. The van der Waals surface area contributed by atoms with E-state index >= 15 is 0 Å². The zero-order valence-corrected chi connectivity index (χ0v) is 15.1. The summed E-state index contributed by atoms with van der Waals surface area (Å²) >= 11 is 5.98. The number of carbonyl (C=O) groups is 2. The number of esters is 1. The van der Waals surface area contributed by atoms with Crippen molar-refractivity contribution >= 4 is 41.1 Å². The third-order valence-corrected chi connectivity index (χ3v) is 3.55. The minimum Gasteiger partial charge on any atom is -0.495 e. The summed E-state index contributed by atoms with van der Waals surface area (Å²) in [6, 6.07) is 7.14. The normalized spacial score (nSPS) is 11.8. The number of amides is 1. The largest absolute Gasteiger partial charge is 0.495 e. The predicted molar refractivity (Wildman–Crippen MR) is 96.6 cm³/mol. The maximum atomic E-state index is 12.1. The fourth-order valence-electron chi connectivity index (χ4n) is 1.94. The molecule has 1 aromatic heterocycles. The van der Waals surface area contributed by atoms with E-state index in [2.05, 4.69) is 5.32 Å². The second-order valence-electron chi connectivity index (χ2n) is 5.18. The number of hydrogen-bond donors (Lipinski definition) is 1. The molecule has 27 heavy (non-hydrogen) atoms. The lowest BCUT2D eigenvalue weighted by Gasteiger charge is -2.13. The average Bonchev–Trinajstić information content (AvgIpc) is 3.09. The number of benzene rings is 1.